The van der Waals surface area contributed by atoms with E-state index in [1.165, 1.54) is 5.56 Å². The van der Waals surface area contributed by atoms with Crippen LogP contribution in [-0.4, -0.2) is 16.5 Å². The molecule has 21 heavy (non-hydrogen) atoms. The maximum absolute atomic E-state index is 5.94. The molecule has 2 aromatic rings. The predicted molar refractivity (Wildman–Crippen MR) is 84.8 cm³/mol. The Labute approximate surface area is 126 Å². The minimum absolute atomic E-state index is 0.668. The highest BCUT2D eigenvalue weighted by molar-refractivity contribution is 5.38. The van der Waals surface area contributed by atoms with Crippen LogP contribution in [-0.2, 0) is 6.54 Å². The molecule has 0 aliphatic rings. The summed E-state index contributed by atoms with van der Waals surface area (Å²) in [6.07, 6.45) is 2.84. The third kappa shape index (κ3) is 4.26. The Hall–Kier alpha value is -1.94. The predicted octanol–water partition coefficient (Wildman–Crippen LogP) is 3.69. The summed E-state index contributed by atoms with van der Waals surface area (Å²) in [7, 11) is 0. The zero-order valence-electron chi connectivity index (χ0n) is 13.2. The average Bonchev–Trinajstić information content (AvgIpc) is 2.44. The molecule has 4 heteroatoms. The first-order valence-corrected chi connectivity index (χ1v) is 7.38. The van der Waals surface area contributed by atoms with Gasteiger partial charge in [0.25, 0.3) is 0 Å². The summed E-state index contributed by atoms with van der Waals surface area (Å²) in [6, 6.07) is 5.95. The van der Waals surface area contributed by atoms with Crippen LogP contribution in [0.25, 0.3) is 0 Å². The van der Waals surface area contributed by atoms with Gasteiger partial charge in [0.2, 0.25) is 5.88 Å². The fraction of sp³-hybridized carbons (Fsp3) is 0.412. The van der Waals surface area contributed by atoms with Crippen LogP contribution < -0.4 is 10.1 Å². The summed E-state index contributed by atoms with van der Waals surface area (Å²) in [4.78, 5) is 8.80. The molecular formula is C17H23N3O. The lowest BCUT2D eigenvalue weighted by Crippen LogP contribution is -2.16. The van der Waals surface area contributed by atoms with Crippen LogP contribution in [0.15, 0.2) is 24.4 Å². The molecule has 0 aliphatic heterocycles. The van der Waals surface area contributed by atoms with Crippen molar-refractivity contribution in [3.63, 3.8) is 0 Å². The van der Waals surface area contributed by atoms with Gasteiger partial charge in [0.15, 0.2) is 0 Å². The monoisotopic (exact) mass is 285 g/mol. The van der Waals surface area contributed by atoms with Gasteiger partial charge in [-0.3, -0.25) is 4.98 Å². The van der Waals surface area contributed by atoms with Gasteiger partial charge in [-0.2, -0.15) is 0 Å². The van der Waals surface area contributed by atoms with Gasteiger partial charge in [0.1, 0.15) is 5.75 Å². The molecule has 0 unspecified atom stereocenters. The average molecular weight is 285 g/mol. The lowest BCUT2D eigenvalue weighted by atomic mass is 10.1. The Morgan fingerprint density at radius 3 is 2.62 bits per heavy atom. The second kappa shape index (κ2) is 7.18. The highest BCUT2D eigenvalue weighted by Crippen LogP contribution is 2.26. The van der Waals surface area contributed by atoms with E-state index in [4.69, 9.17) is 4.74 Å². The first-order chi connectivity index (χ1) is 10.1. The molecule has 0 aliphatic carbocycles. The van der Waals surface area contributed by atoms with Gasteiger partial charge in [-0.1, -0.05) is 6.92 Å². The molecule has 2 heterocycles. The maximum Gasteiger partial charge on any atom is 0.224 e. The van der Waals surface area contributed by atoms with Crippen LogP contribution in [0.4, 0.5) is 0 Å². The fourth-order valence-corrected chi connectivity index (χ4v) is 2.14. The molecule has 0 bridgehead atoms. The van der Waals surface area contributed by atoms with E-state index in [0.29, 0.717) is 5.88 Å². The largest absolute Gasteiger partial charge is 0.437 e. The summed E-state index contributed by atoms with van der Waals surface area (Å²) >= 11 is 0. The number of hydrogen-bond acceptors (Lipinski definition) is 4. The number of aromatic nitrogens is 2. The summed E-state index contributed by atoms with van der Waals surface area (Å²) < 4.78 is 5.94. The van der Waals surface area contributed by atoms with E-state index in [2.05, 4.69) is 35.2 Å². The molecule has 0 amide bonds. The quantitative estimate of drug-likeness (QED) is 0.822. The van der Waals surface area contributed by atoms with Crippen molar-refractivity contribution in [1.82, 2.24) is 15.3 Å². The Kier molecular flexibility index (Phi) is 5.28. The van der Waals surface area contributed by atoms with Crippen LogP contribution in [0.5, 0.6) is 11.6 Å². The third-order valence-corrected chi connectivity index (χ3v) is 3.26. The van der Waals surface area contributed by atoms with E-state index in [-0.39, 0.29) is 0 Å². The van der Waals surface area contributed by atoms with E-state index in [1.807, 2.05) is 26.0 Å². The minimum Gasteiger partial charge on any atom is -0.437 e. The van der Waals surface area contributed by atoms with Gasteiger partial charge in [0, 0.05) is 23.5 Å². The summed E-state index contributed by atoms with van der Waals surface area (Å²) in [5.74, 6) is 1.39. The van der Waals surface area contributed by atoms with Crippen molar-refractivity contribution in [2.75, 3.05) is 6.54 Å². The molecule has 0 aromatic carbocycles. The maximum atomic E-state index is 5.94. The highest BCUT2D eigenvalue weighted by atomic mass is 16.5. The summed E-state index contributed by atoms with van der Waals surface area (Å²) in [6.45, 7) is 9.94. The van der Waals surface area contributed by atoms with Gasteiger partial charge in [-0.25, -0.2) is 4.98 Å². The number of aryl methyl sites for hydroxylation is 3. The van der Waals surface area contributed by atoms with Crippen LogP contribution in [0.2, 0.25) is 0 Å². The zero-order valence-corrected chi connectivity index (χ0v) is 13.2. The standard InChI is InChI=1S/C17H23N3O/c1-5-8-18-11-16-12(2)9-14(4)20-17(16)21-15-7-6-13(3)19-10-15/h6-7,9-10,18H,5,8,11H2,1-4H3. The summed E-state index contributed by atoms with van der Waals surface area (Å²) in [5, 5.41) is 3.41. The van der Waals surface area contributed by atoms with Gasteiger partial charge in [-0.15, -0.1) is 0 Å². The Morgan fingerprint density at radius 1 is 1.14 bits per heavy atom. The molecule has 0 fully saturated rings. The van der Waals surface area contributed by atoms with Crippen molar-refractivity contribution in [2.24, 2.45) is 0 Å². The van der Waals surface area contributed by atoms with Crippen LogP contribution >= 0.6 is 0 Å². The van der Waals surface area contributed by atoms with Crippen molar-refractivity contribution in [2.45, 2.75) is 40.7 Å². The molecule has 1 N–H and O–H groups in total. The van der Waals surface area contributed by atoms with Gasteiger partial charge < -0.3 is 10.1 Å². The fourth-order valence-electron chi connectivity index (χ4n) is 2.14. The Balaban J connectivity index is 2.25. The second-order valence-electron chi connectivity index (χ2n) is 5.28. The summed E-state index contributed by atoms with van der Waals surface area (Å²) in [5.41, 5.74) is 4.23. The number of nitrogens with zero attached hydrogens (tertiary/aromatic N) is 2. The zero-order chi connectivity index (χ0) is 15.2. The Bertz CT molecular complexity index is 594. The number of rotatable bonds is 6. The first kappa shape index (κ1) is 15.4. The number of hydrogen-bond donors (Lipinski definition) is 1. The van der Waals surface area contributed by atoms with Crippen molar-refractivity contribution in [3.8, 4) is 11.6 Å². The molecule has 0 spiro atoms. The molecule has 0 atom stereocenters. The van der Waals surface area contributed by atoms with E-state index in [0.717, 1.165) is 42.2 Å². The van der Waals surface area contributed by atoms with Crippen molar-refractivity contribution >= 4 is 0 Å². The molecule has 0 saturated carbocycles. The van der Waals surface area contributed by atoms with E-state index in [9.17, 15) is 0 Å². The smallest absolute Gasteiger partial charge is 0.224 e. The van der Waals surface area contributed by atoms with E-state index < -0.39 is 0 Å². The molecule has 112 valence electrons. The van der Waals surface area contributed by atoms with Crippen molar-refractivity contribution < 1.29 is 4.74 Å². The molecule has 2 rings (SSSR count). The highest BCUT2D eigenvalue weighted by Gasteiger charge is 2.11. The van der Waals surface area contributed by atoms with Crippen LogP contribution in [0.3, 0.4) is 0 Å². The van der Waals surface area contributed by atoms with Crippen molar-refractivity contribution in [1.29, 1.82) is 0 Å². The molecular weight excluding hydrogens is 262 g/mol. The van der Waals surface area contributed by atoms with E-state index in [1.54, 1.807) is 6.20 Å². The molecule has 4 nitrogen and oxygen atoms in total. The van der Waals surface area contributed by atoms with Crippen LogP contribution in [0.1, 0.15) is 35.9 Å². The topological polar surface area (TPSA) is 47.0 Å². The normalized spacial score (nSPS) is 10.7. The number of pyridine rings is 2. The number of nitrogens with one attached hydrogen (secondary N) is 1. The van der Waals surface area contributed by atoms with Gasteiger partial charge in [0.05, 0.1) is 6.20 Å². The van der Waals surface area contributed by atoms with Gasteiger partial charge in [-0.05, 0) is 57.5 Å². The first-order valence-electron chi connectivity index (χ1n) is 7.38. The minimum atomic E-state index is 0.668. The molecule has 0 radical (unpaired) electrons. The van der Waals surface area contributed by atoms with Crippen molar-refractivity contribution in [3.05, 3.63) is 46.9 Å². The lowest BCUT2D eigenvalue weighted by Gasteiger charge is -2.14. The SMILES string of the molecule is CCCNCc1c(C)cc(C)nc1Oc1ccc(C)nc1. The van der Waals surface area contributed by atoms with Gasteiger partial charge >= 0.3 is 0 Å². The molecule has 0 saturated heterocycles. The lowest BCUT2D eigenvalue weighted by molar-refractivity contribution is 0.448. The third-order valence-electron chi connectivity index (χ3n) is 3.26. The second-order valence-corrected chi connectivity index (χ2v) is 5.28. The number of ether oxygens (including phenoxy) is 1. The van der Waals surface area contributed by atoms with Crippen LogP contribution in [0, 0.1) is 20.8 Å². The van der Waals surface area contributed by atoms with E-state index >= 15 is 0 Å². The Morgan fingerprint density at radius 2 is 1.95 bits per heavy atom. The molecule has 2 aromatic heterocycles.